The largest absolute Gasteiger partial charge is 0.466 e. The first-order valence-corrected chi connectivity index (χ1v) is 8.13. The standard InChI is InChI=1S/C16H24N4O4/c1-2-24-15(22)6-8-18-12-13(11-17)16(23)19-7-4-10-20-9-3-5-14(20)21/h12,18H,2-10H2,1H3,(H,19,23)/b13-12-. The highest BCUT2D eigenvalue weighted by atomic mass is 16.5. The van der Waals surface area contributed by atoms with Crippen molar-refractivity contribution < 1.29 is 19.1 Å². The van der Waals surface area contributed by atoms with Gasteiger partial charge >= 0.3 is 5.97 Å². The maximum absolute atomic E-state index is 11.9. The molecule has 1 fully saturated rings. The van der Waals surface area contributed by atoms with Gasteiger partial charge in [0.1, 0.15) is 11.6 Å². The number of esters is 1. The average Bonchev–Trinajstić information content (AvgIpc) is 2.97. The number of nitriles is 1. The topological polar surface area (TPSA) is 112 Å². The van der Waals surface area contributed by atoms with Crippen molar-refractivity contribution in [3.05, 3.63) is 11.8 Å². The molecule has 1 aliphatic heterocycles. The van der Waals surface area contributed by atoms with Crippen LogP contribution in [-0.4, -0.2) is 55.5 Å². The normalized spacial score (nSPS) is 14.2. The second kappa shape index (κ2) is 11.0. The first kappa shape index (κ1) is 19.5. The second-order valence-corrected chi connectivity index (χ2v) is 5.27. The summed E-state index contributed by atoms with van der Waals surface area (Å²) in [6.07, 6.45) is 3.59. The Morgan fingerprint density at radius 1 is 1.42 bits per heavy atom. The number of nitrogens with one attached hydrogen (secondary N) is 2. The van der Waals surface area contributed by atoms with Crippen molar-refractivity contribution in [1.29, 1.82) is 5.26 Å². The molecule has 8 nitrogen and oxygen atoms in total. The third-order valence-electron chi connectivity index (χ3n) is 3.45. The lowest BCUT2D eigenvalue weighted by atomic mass is 10.3. The summed E-state index contributed by atoms with van der Waals surface area (Å²) in [7, 11) is 0. The predicted molar refractivity (Wildman–Crippen MR) is 86.4 cm³/mol. The van der Waals surface area contributed by atoms with Gasteiger partial charge in [0.05, 0.1) is 13.0 Å². The molecule has 0 aromatic rings. The number of ether oxygens (including phenoxy) is 1. The van der Waals surface area contributed by atoms with Gasteiger partial charge < -0.3 is 20.3 Å². The highest BCUT2D eigenvalue weighted by Gasteiger charge is 2.19. The van der Waals surface area contributed by atoms with E-state index in [-0.39, 0.29) is 30.4 Å². The summed E-state index contributed by atoms with van der Waals surface area (Å²) in [5.74, 6) is -0.656. The molecule has 2 N–H and O–H groups in total. The van der Waals surface area contributed by atoms with Gasteiger partial charge in [0, 0.05) is 38.8 Å². The fraction of sp³-hybridized carbons (Fsp3) is 0.625. The van der Waals surface area contributed by atoms with Gasteiger partial charge in [0.15, 0.2) is 0 Å². The summed E-state index contributed by atoms with van der Waals surface area (Å²) < 4.78 is 4.77. The summed E-state index contributed by atoms with van der Waals surface area (Å²) in [5.41, 5.74) is -0.0592. The van der Waals surface area contributed by atoms with E-state index in [4.69, 9.17) is 10.00 Å². The van der Waals surface area contributed by atoms with Crippen molar-refractivity contribution >= 4 is 17.8 Å². The minimum Gasteiger partial charge on any atom is -0.466 e. The molecule has 0 aromatic heterocycles. The zero-order valence-corrected chi connectivity index (χ0v) is 14.0. The molecule has 0 aromatic carbocycles. The van der Waals surface area contributed by atoms with Crippen molar-refractivity contribution in [1.82, 2.24) is 15.5 Å². The van der Waals surface area contributed by atoms with Crippen LogP contribution in [0.25, 0.3) is 0 Å². The van der Waals surface area contributed by atoms with E-state index in [1.54, 1.807) is 11.8 Å². The number of likely N-dealkylation sites (tertiary alicyclic amines) is 1. The minimum absolute atomic E-state index is 0.0592. The highest BCUT2D eigenvalue weighted by molar-refractivity contribution is 5.97. The van der Waals surface area contributed by atoms with E-state index in [1.807, 2.05) is 6.07 Å². The molecule has 0 saturated carbocycles. The molecule has 0 unspecified atom stereocenters. The van der Waals surface area contributed by atoms with Gasteiger partial charge in [-0.1, -0.05) is 0 Å². The number of hydrogen-bond acceptors (Lipinski definition) is 6. The van der Waals surface area contributed by atoms with Crippen molar-refractivity contribution in [3.63, 3.8) is 0 Å². The molecular weight excluding hydrogens is 312 g/mol. The minimum atomic E-state index is -0.478. The van der Waals surface area contributed by atoms with E-state index >= 15 is 0 Å². The number of amides is 2. The van der Waals surface area contributed by atoms with Crippen LogP contribution in [0.4, 0.5) is 0 Å². The lowest BCUT2D eigenvalue weighted by Gasteiger charge is -2.15. The van der Waals surface area contributed by atoms with Gasteiger partial charge in [-0.2, -0.15) is 5.26 Å². The maximum atomic E-state index is 11.9. The van der Waals surface area contributed by atoms with Gasteiger partial charge in [0.2, 0.25) is 5.91 Å². The Labute approximate surface area is 141 Å². The van der Waals surface area contributed by atoms with Gasteiger partial charge in [-0.05, 0) is 19.8 Å². The zero-order chi connectivity index (χ0) is 17.8. The Balaban J connectivity index is 2.22. The average molecular weight is 336 g/mol. The molecule has 0 atom stereocenters. The highest BCUT2D eigenvalue weighted by Crippen LogP contribution is 2.09. The van der Waals surface area contributed by atoms with Crippen LogP contribution in [0, 0.1) is 11.3 Å². The smallest absolute Gasteiger partial charge is 0.307 e. The van der Waals surface area contributed by atoms with Crippen LogP contribution in [0.1, 0.15) is 32.6 Å². The number of carbonyl (C=O) groups excluding carboxylic acids is 3. The fourth-order valence-corrected chi connectivity index (χ4v) is 2.24. The SMILES string of the molecule is CCOC(=O)CCN/C=C(/C#N)C(=O)NCCCN1CCCC1=O. The Bertz CT molecular complexity index is 525. The van der Waals surface area contributed by atoms with E-state index in [1.165, 1.54) is 6.20 Å². The molecule has 0 aliphatic carbocycles. The number of rotatable bonds is 10. The first-order chi connectivity index (χ1) is 11.6. The van der Waals surface area contributed by atoms with Crippen LogP contribution >= 0.6 is 0 Å². The number of hydrogen-bond donors (Lipinski definition) is 2. The van der Waals surface area contributed by atoms with E-state index < -0.39 is 5.91 Å². The van der Waals surface area contributed by atoms with Crippen molar-refractivity contribution in [2.24, 2.45) is 0 Å². The van der Waals surface area contributed by atoms with Gasteiger partial charge in [-0.15, -0.1) is 0 Å². The van der Waals surface area contributed by atoms with E-state index in [0.717, 1.165) is 13.0 Å². The van der Waals surface area contributed by atoms with E-state index in [0.29, 0.717) is 32.5 Å². The van der Waals surface area contributed by atoms with Crippen LogP contribution < -0.4 is 10.6 Å². The van der Waals surface area contributed by atoms with Gasteiger partial charge in [-0.25, -0.2) is 0 Å². The molecule has 1 aliphatic rings. The molecule has 24 heavy (non-hydrogen) atoms. The maximum Gasteiger partial charge on any atom is 0.307 e. The number of carbonyl (C=O) groups is 3. The monoisotopic (exact) mass is 336 g/mol. The lowest BCUT2D eigenvalue weighted by molar-refractivity contribution is -0.143. The second-order valence-electron chi connectivity index (χ2n) is 5.27. The number of nitrogens with zero attached hydrogens (tertiary/aromatic N) is 2. The van der Waals surface area contributed by atoms with Crippen LogP contribution in [0.3, 0.4) is 0 Å². The van der Waals surface area contributed by atoms with Crippen LogP contribution in [0.15, 0.2) is 11.8 Å². The Hall–Kier alpha value is -2.56. The fourth-order valence-electron chi connectivity index (χ4n) is 2.24. The molecule has 0 radical (unpaired) electrons. The summed E-state index contributed by atoms with van der Waals surface area (Å²) in [6, 6.07) is 1.81. The summed E-state index contributed by atoms with van der Waals surface area (Å²) in [4.78, 5) is 36.2. The van der Waals surface area contributed by atoms with Crippen LogP contribution in [0.2, 0.25) is 0 Å². The third kappa shape index (κ3) is 7.13. The summed E-state index contributed by atoms with van der Waals surface area (Å²) >= 11 is 0. The quantitative estimate of drug-likeness (QED) is 0.253. The summed E-state index contributed by atoms with van der Waals surface area (Å²) in [6.45, 7) is 4.12. The molecule has 2 amide bonds. The molecule has 1 heterocycles. The summed E-state index contributed by atoms with van der Waals surface area (Å²) in [5, 5.41) is 14.4. The molecule has 1 saturated heterocycles. The van der Waals surface area contributed by atoms with Gasteiger partial charge in [0.25, 0.3) is 5.91 Å². The lowest BCUT2D eigenvalue weighted by Crippen LogP contribution is -2.31. The third-order valence-corrected chi connectivity index (χ3v) is 3.45. The Morgan fingerprint density at radius 3 is 2.83 bits per heavy atom. The molecule has 8 heteroatoms. The molecule has 1 rings (SSSR count). The molecular formula is C16H24N4O4. The molecule has 0 spiro atoms. The first-order valence-electron chi connectivity index (χ1n) is 8.13. The van der Waals surface area contributed by atoms with Gasteiger partial charge in [-0.3, -0.25) is 14.4 Å². The van der Waals surface area contributed by atoms with E-state index in [2.05, 4.69) is 10.6 Å². The van der Waals surface area contributed by atoms with Crippen molar-refractivity contribution in [2.45, 2.75) is 32.6 Å². The molecule has 132 valence electrons. The van der Waals surface area contributed by atoms with Crippen LogP contribution in [-0.2, 0) is 19.1 Å². The molecule has 0 bridgehead atoms. The van der Waals surface area contributed by atoms with Crippen LogP contribution in [0.5, 0.6) is 0 Å². The Kier molecular flexibility index (Phi) is 8.97. The Morgan fingerprint density at radius 2 is 2.21 bits per heavy atom. The van der Waals surface area contributed by atoms with Crippen molar-refractivity contribution in [2.75, 3.05) is 32.8 Å². The predicted octanol–water partition coefficient (Wildman–Crippen LogP) is 0.0654. The van der Waals surface area contributed by atoms with E-state index in [9.17, 15) is 14.4 Å². The zero-order valence-electron chi connectivity index (χ0n) is 14.0. The van der Waals surface area contributed by atoms with Crippen molar-refractivity contribution in [3.8, 4) is 6.07 Å².